The number of aryl methyl sites for hydroxylation is 2. The molecular weight excluding hydrogens is 494 g/mol. The Kier molecular flexibility index (Phi) is 8.04. The molecule has 0 aliphatic carbocycles. The van der Waals surface area contributed by atoms with Crippen LogP contribution >= 0.6 is 11.3 Å². The SMILES string of the molecule is C=CCN(CC=C)S(=O)(=O)c1ccc(C(=O)N(CC2CCCO2)c2nc3cc(C)cc(C)c3s2)cc1. The number of carbonyl (C=O) groups excluding carboxylic acids is 1. The van der Waals surface area contributed by atoms with E-state index in [1.807, 2.05) is 19.9 Å². The zero-order valence-corrected chi connectivity index (χ0v) is 22.3. The van der Waals surface area contributed by atoms with E-state index >= 15 is 0 Å². The number of amides is 1. The molecule has 0 N–H and O–H groups in total. The number of hydrogen-bond donors (Lipinski definition) is 0. The minimum atomic E-state index is -3.75. The van der Waals surface area contributed by atoms with Crippen LogP contribution in [0.25, 0.3) is 10.2 Å². The highest BCUT2D eigenvalue weighted by Crippen LogP contribution is 2.33. The molecular formula is C27H31N3O4S2. The van der Waals surface area contributed by atoms with Gasteiger partial charge in [-0.05, 0) is 68.1 Å². The van der Waals surface area contributed by atoms with Crippen molar-refractivity contribution in [3.05, 3.63) is 78.4 Å². The number of ether oxygens (including phenoxy) is 1. The zero-order chi connectivity index (χ0) is 25.9. The van der Waals surface area contributed by atoms with Crippen molar-refractivity contribution in [3.63, 3.8) is 0 Å². The van der Waals surface area contributed by atoms with Crippen LogP contribution in [0.15, 0.2) is 66.6 Å². The number of hydrogen-bond acceptors (Lipinski definition) is 6. The minimum Gasteiger partial charge on any atom is -0.376 e. The van der Waals surface area contributed by atoms with Crippen LogP contribution < -0.4 is 4.90 Å². The average Bonchev–Trinajstić information content (AvgIpc) is 3.52. The van der Waals surface area contributed by atoms with Crippen molar-refractivity contribution >= 4 is 42.6 Å². The van der Waals surface area contributed by atoms with Crippen molar-refractivity contribution in [1.82, 2.24) is 9.29 Å². The monoisotopic (exact) mass is 525 g/mol. The Bertz CT molecular complexity index is 1360. The number of aromatic nitrogens is 1. The number of anilines is 1. The van der Waals surface area contributed by atoms with E-state index in [-0.39, 0.29) is 30.0 Å². The first-order chi connectivity index (χ1) is 17.2. The lowest BCUT2D eigenvalue weighted by atomic mass is 10.1. The molecule has 1 fully saturated rings. The summed E-state index contributed by atoms with van der Waals surface area (Å²) in [6.07, 6.45) is 4.84. The molecule has 1 aliphatic heterocycles. The summed E-state index contributed by atoms with van der Waals surface area (Å²) in [4.78, 5) is 20.3. The highest BCUT2D eigenvalue weighted by molar-refractivity contribution is 7.89. The lowest BCUT2D eigenvalue weighted by Gasteiger charge is -2.23. The third-order valence-electron chi connectivity index (χ3n) is 6.10. The van der Waals surface area contributed by atoms with Crippen LogP contribution in [-0.2, 0) is 14.8 Å². The first kappa shape index (κ1) is 26.2. The van der Waals surface area contributed by atoms with Gasteiger partial charge < -0.3 is 4.74 Å². The fourth-order valence-electron chi connectivity index (χ4n) is 4.35. The van der Waals surface area contributed by atoms with Gasteiger partial charge in [-0.25, -0.2) is 13.4 Å². The number of thiazole rings is 1. The van der Waals surface area contributed by atoms with Crippen LogP contribution in [0, 0.1) is 13.8 Å². The molecule has 4 rings (SSSR count). The second-order valence-electron chi connectivity index (χ2n) is 8.90. The number of sulfonamides is 1. The lowest BCUT2D eigenvalue weighted by molar-refractivity contribution is 0.0917. The molecule has 1 aromatic heterocycles. The Morgan fingerprint density at radius 3 is 2.47 bits per heavy atom. The molecule has 0 radical (unpaired) electrons. The van der Waals surface area contributed by atoms with Gasteiger partial charge in [0.2, 0.25) is 10.0 Å². The van der Waals surface area contributed by atoms with E-state index in [0.717, 1.165) is 34.2 Å². The van der Waals surface area contributed by atoms with Gasteiger partial charge in [0.15, 0.2) is 5.13 Å². The predicted octanol–water partition coefficient (Wildman–Crippen LogP) is 5.10. The van der Waals surface area contributed by atoms with Gasteiger partial charge in [0.1, 0.15) is 0 Å². The number of benzene rings is 2. The molecule has 1 unspecified atom stereocenters. The number of carbonyl (C=O) groups is 1. The van der Waals surface area contributed by atoms with E-state index in [2.05, 4.69) is 19.2 Å². The molecule has 1 atom stereocenters. The quantitative estimate of drug-likeness (QED) is 0.344. The minimum absolute atomic E-state index is 0.0604. The molecule has 36 heavy (non-hydrogen) atoms. The van der Waals surface area contributed by atoms with Crippen LogP contribution in [0.2, 0.25) is 0 Å². The molecule has 1 amide bonds. The molecule has 3 aromatic rings. The van der Waals surface area contributed by atoms with Gasteiger partial charge in [0.25, 0.3) is 5.91 Å². The number of fused-ring (bicyclic) bond motifs is 1. The van der Waals surface area contributed by atoms with Gasteiger partial charge in [-0.15, -0.1) is 13.2 Å². The Morgan fingerprint density at radius 2 is 1.86 bits per heavy atom. The third kappa shape index (κ3) is 5.44. The second kappa shape index (κ2) is 11.0. The van der Waals surface area contributed by atoms with Gasteiger partial charge in [-0.2, -0.15) is 4.31 Å². The lowest BCUT2D eigenvalue weighted by Crippen LogP contribution is -2.37. The van der Waals surface area contributed by atoms with Gasteiger partial charge in [-0.1, -0.05) is 29.6 Å². The molecule has 1 aliphatic rings. The van der Waals surface area contributed by atoms with Crippen LogP contribution in [0.3, 0.4) is 0 Å². The summed E-state index contributed by atoms with van der Waals surface area (Å²) in [7, 11) is -3.75. The van der Waals surface area contributed by atoms with Crippen molar-refractivity contribution in [3.8, 4) is 0 Å². The summed E-state index contributed by atoms with van der Waals surface area (Å²) in [5, 5.41) is 0.610. The summed E-state index contributed by atoms with van der Waals surface area (Å²) in [5.74, 6) is -0.239. The molecule has 0 bridgehead atoms. The van der Waals surface area contributed by atoms with E-state index in [9.17, 15) is 13.2 Å². The Labute approximate surface area is 216 Å². The maximum atomic E-state index is 13.7. The third-order valence-corrected chi connectivity index (χ3v) is 9.17. The second-order valence-corrected chi connectivity index (χ2v) is 11.8. The first-order valence-corrected chi connectivity index (χ1v) is 14.1. The van der Waals surface area contributed by atoms with Crippen molar-refractivity contribution in [1.29, 1.82) is 0 Å². The van der Waals surface area contributed by atoms with Crippen LogP contribution in [0.5, 0.6) is 0 Å². The molecule has 0 spiro atoms. The van der Waals surface area contributed by atoms with Gasteiger partial charge >= 0.3 is 0 Å². The van der Waals surface area contributed by atoms with Crippen molar-refractivity contribution in [2.45, 2.75) is 37.7 Å². The van der Waals surface area contributed by atoms with E-state index < -0.39 is 10.0 Å². The van der Waals surface area contributed by atoms with Gasteiger partial charge in [-0.3, -0.25) is 9.69 Å². The van der Waals surface area contributed by atoms with Crippen molar-refractivity contribution < 1.29 is 17.9 Å². The van der Waals surface area contributed by atoms with Crippen molar-refractivity contribution in [2.24, 2.45) is 0 Å². The largest absolute Gasteiger partial charge is 0.376 e. The molecule has 1 saturated heterocycles. The highest BCUT2D eigenvalue weighted by Gasteiger charge is 2.28. The smallest absolute Gasteiger partial charge is 0.260 e. The fraction of sp³-hybridized carbons (Fsp3) is 0.333. The van der Waals surface area contributed by atoms with E-state index in [0.29, 0.717) is 23.8 Å². The van der Waals surface area contributed by atoms with Gasteiger partial charge in [0.05, 0.1) is 27.8 Å². The standard InChI is InChI=1S/C27H31N3O4S2/c1-5-13-29(14-6-2)36(32,33)23-11-9-21(10-12-23)26(31)30(18-22-8-7-15-34-22)27-28-24-17-19(3)16-20(4)25(24)35-27/h5-6,9-12,16-17,22H,1-2,7-8,13-15,18H2,3-4H3. The van der Waals surface area contributed by atoms with Crippen LogP contribution in [0.4, 0.5) is 5.13 Å². The van der Waals surface area contributed by atoms with E-state index in [4.69, 9.17) is 9.72 Å². The normalized spacial score (nSPS) is 15.9. The van der Waals surface area contributed by atoms with E-state index in [1.54, 1.807) is 17.0 Å². The predicted molar refractivity (Wildman–Crippen MR) is 145 cm³/mol. The average molecular weight is 526 g/mol. The molecule has 0 saturated carbocycles. The number of nitrogens with zero attached hydrogens (tertiary/aromatic N) is 3. The number of rotatable bonds is 10. The summed E-state index contributed by atoms with van der Waals surface area (Å²) in [6.45, 7) is 12.8. The summed E-state index contributed by atoms with van der Waals surface area (Å²) < 4.78 is 34.2. The maximum absolute atomic E-state index is 13.7. The summed E-state index contributed by atoms with van der Waals surface area (Å²) >= 11 is 1.49. The zero-order valence-electron chi connectivity index (χ0n) is 20.6. The van der Waals surface area contributed by atoms with E-state index in [1.165, 1.54) is 39.9 Å². The van der Waals surface area contributed by atoms with Gasteiger partial charge in [0, 0.05) is 25.3 Å². The summed E-state index contributed by atoms with van der Waals surface area (Å²) in [6, 6.07) is 10.2. The summed E-state index contributed by atoms with van der Waals surface area (Å²) in [5.41, 5.74) is 3.49. The molecule has 190 valence electrons. The Balaban J connectivity index is 1.67. The van der Waals surface area contributed by atoms with Crippen LogP contribution in [0.1, 0.15) is 34.3 Å². The highest BCUT2D eigenvalue weighted by atomic mass is 32.2. The topological polar surface area (TPSA) is 79.8 Å². The molecule has 2 heterocycles. The van der Waals surface area contributed by atoms with Crippen molar-refractivity contribution in [2.75, 3.05) is 31.1 Å². The molecule has 9 heteroatoms. The molecule has 2 aromatic carbocycles. The Hall–Kier alpha value is -2.85. The molecule has 7 nitrogen and oxygen atoms in total. The van der Waals surface area contributed by atoms with Crippen LogP contribution in [-0.4, -0.2) is 56.0 Å². The first-order valence-electron chi connectivity index (χ1n) is 11.9. The maximum Gasteiger partial charge on any atom is 0.260 e. The Morgan fingerprint density at radius 1 is 1.17 bits per heavy atom. The fourth-order valence-corrected chi connectivity index (χ4v) is 6.76.